The second-order valence-electron chi connectivity index (χ2n) is 5.45. The van der Waals surface area contributed by atoms with E-state index in [9.17, 15) is 0 Å². The van der Waals surface area contributed by atoms with Gasteiger partial charge < -0.3 is 5.32 Å². The van der Waals surface area contributed by atoms with Crippen LogP contribution in [-0.4, -0.2) is 30.6 Å². The molecule has 1 fully saturated rings. The topological polar surface area (TPSA) is 15.3 Å². The summed E-state index contributed by atoms with van der Waals surface area (Å²) in [5.74, 6) is 0.851. The summed E-state index contributed by atoms with van der Waals surface area (Å²) < 4.78 is 0. The molecule has 18 heavy (non-hydrogen) atoms. The number of hydrogen-bond donors (Lipinski definition) is 1. The Morgan fingerprint density at radius 3 is 2.72 bits per heavy atom. The van der Waals surface area contributed by atoms with Crippen molar-refractivity contribution >= 4 is 22.9 Å². The highest BCUT2D eigenvalue weighted by atomic mass is 35.5. The zero-order chi connectivity index (χ0) is 13.0. The Bertz CT molecular complexity index is 358. The van der Waals surface area contributed by atoms with Gasteiger partial charge in [-0.3, -0.25) is 4.90 Å². The predicted molar refractivity (Wildman–Crippen MR) is 80.5 cm³/mol. The maximum atomic E-state index is 6.00. The highest BCUT2D eigenvalue weighted by Gasteiger charge is 2.19. The van der Waals surface area contributed by atoms with Crippen LogP contribution in [0, 0.1) is 5.92 Å². The van der Waals surface area contributed by atoms with E-state index in [1.165, 1.54) is 37.4 Å². The van der Waals surface area contributed by atoms with Crippen LogP contribution in [0.5, 0.6) is 0 Å². The molecule has 0 radical (unpaired) electrons. The van der Waals surface area contributed by atoms with Gasteiger partial charge in [0.15, 0.2) is 0 Å². The standard InChI is InChI=1S/C14H23ClN2S/c1-11(2)17(8-12-3-5-16-6-4-12)9-14-7-13(15)10-18-14/h7,10-12,16H,3-6,8-9H2,1-2H3. The van der Waals surface area contributed by atoms with Crippen LogP contribution in [0.3, 0.4) is 0 Å². The summed E-state index contributed by atoms with van der Waals surface area (Å²) in [6.07, 6.45) is 2.63. The molecule has 2 nitrogen and oxygen atoms in total. The minimum absolute atomic E-state index is 0.598. The van der Waals surface area contributed by atoms with Gasteiger partial charge in [-0.25, -0.2) is 0 Å². The first-order chi connectivity index (χ1) is 8.65. The summed E-state index contributed by atoms with van der Waals surface area (Å²) in [6.45, 7) is 9.20. The molecular weight excluding hydrogens is 264 g/mol. The minimum Gasteiger partial charge on any atom is -0.317 e. The molecular formula is C14H23ClN2S. The average Bonchev–Trinajstić information content (AvgIpc) is 2.75. The molecule has 2 heterocycles. The molecule has 0 saturated carbocycles. The van der Waals surface area contributed by atoms with Crippen molar-refractivity contribution < 1.29 is 0 Å². The van der Waals surface area contributed by atoms with E-state index in [0.717, 1.165) is 17.5 Å². The predicted octanol–water partition coefficient (Wildman–Crippen LogP) is 3.61. The maximum absolute atomic E-state index is 6.00. The van der Waals surface area contributed by atoms with Crippen LogP contribution in [0.2, 0.25) is 5.02 Å². The van der Waals surface area contributed by atoms with Crippen LogP contribution in [0.25, 0.3) is 0 Å². The molecule has 1 aliphatic rings. The summed E-state index contributed by atoms with van der Waals surface area (Å²) in [5, 5.41) is 6.34. The third-order valence-corrected chi connectivity index (χ3v) is 4.93. The molecule has 0 unspecified atom stereocenters. The monoisotopic (exact) mass is 286 g/mol. The summed E-state index contributed by atoms with van der Waals surface area (Å²) in [6, 6.07) is 2.70. The highest BCUT2D eigenvalue weighted by Crippen LogP contribution is 2.23. The van der Waals surface area contributed by atoms with Gasteiger partial charge in [-0.05, 0) is 51.8 Å². The summed E-state index contributed by atoms with van der Waals surface area (Å²) in [7, 11) is 0. The molecule has 1 aromatic heterocycles. The number of hydrogen-bond acceptors (Lipinski definition) is 3. The Hall–Kier alpha value is -0.0900. The van der Waals surface area contributed by atoms with Gasteiger partial charge in [0.25, 0.3) is 0 Å². The smallest absolute Gasteiger partial charge is 0.0516 e. The van der Waals surface area contributed by atoms with Crippen molar-refractivity contribution in [2.45, 2.75) is 39.3 Å². The first kappa shape index (κ1) is 14.3. The Labute approximate surface area is 119 Å². The molecule has 1 saturated heterocycles. The number of nitrogens with one attached hydrogen (secondary N) is 1. The van der Waals surface area contributed by atoms with E-state index in [2.05, 4.69) is 30.1 Å². The highest BCUT2D eigenvalue weighted by molar-refractivity contribution is 7.10. The second-order valence-corrected chi connectivity index (χ2v) is 6.88. The lowest BCUT2D eigenvalue weighted by atomic mass is 9.97. The molecule has 1 N–H and O–H groups in total. The Kier molecular flexibility index (Phi) is 5.49. The molecule has 0 spiro atoms. The quantitative estimate of drug-likeness (QED) is 0.889. The van der Waals surface area contributed by atoms with E-state index in [-0.39, 0.29) is 0 Å². The van der Waals surface area contributed by atoms with Crippen molar-refractivity contribution in [2.75, 3.05) is 19.6 Å². The number of thiophene rings is 1. The van der Waals surface area contributed by atoms with Crippen LogP contribution < -0.4 is 5.32 Å². The molecule has 0 amide bonds. The number of piperidine rings is 1. The van der Waals surface area contributed by atoms with Gasteiger partial charge in [0.05, 0.1) is 5.02 Å². The van der Waals surface area contributed by atoms with E-state index >= 15 is 0 Å². The molecule has 0 aromatic carbocycles. The van der Waals surface area contributed by atoms with Gasteiger partial charge in [0, 0.05) is 29.4 Å². The molecule has 0 aliphatic carbocycles. The number of rotatable bonds is 5. The summed E-state index contributed by atoms with van der Waals surface area (Å²) in [5.41, 5.74) is 0. The normalized spacial score (nSPS) is 17.8. The van der Waals surface area contributed by atoms with Gasteiger partial charge in [-0.15, -0.1) is 11.3 Å². The van der Waals surface area contributed by atoms with Gasteiger partial charge in [0.2, 0.25) is 0 Å². The van der Waals surface area contributed by atoms with Gasteiger partial charge >= 0.3 is 0 Å². The Morgan fingerprint density at radius 2 is 2.17 bits per heavy atom. The molecule has 102 valence electrons. The van der Waals surface area contributed by atoms with E-state index in [1.807, 2.05) is 5.38 Å². The van der Waals surface area contributed by atoms with Crippen molar-refractivity contribution in [1.29, 1.82) is 0 Å². The first-order valence-electron chi connectivity index (χ1n) is 6.83. The van der Waals surface area contributed by atoms with Crippen LogP contribution in [-0.2, 0) is 6.54 Å². The molecule has 1 aliphatic heterocycles. The third kappa shape index (κ3) is 4.23. The lowest BCUT2D eigenvalue weighted by Crippen LogP contribution is -2.38. The second kappa shape index (κ2) is 6.90. The van der Waals surface area contributed by atoms with Gasteiger partial charge in [0.1, 0.15) is 0 Å². The zero-order valence-electron chi connectivity index (χ0n) is 11.3. The molecule has 1 aromatic rings. The van der Waals surface area contributed by atoms with Crippen LogP contribution in [0.15, 0.2) is 11.4 Å². The van der Waals surface area contributed by atoms with Crippen LogP contribution in [0.4, 0.5) is 0 Å². The van der Waals surface area contributed by atoms with Crippen molar-refractivity contribution in [3.8, 4) is 0 Å². The lowest BCUT2D eigenvalue weighted by molar-refractivity contribution is 0.163. The molecule has 0 atom stereocenters. The lowest BCUT2D eigenvalue weighted by Gasteiger charge is -2.32. The number of nitrogens with zero attached hydrogens (tertiary/aromatic N) is 1. The van der Waals surface area contributed by atoms with Crippen LogP contribution in [0.1, 0.15) is 31.6 Å². The van der Waals surface area contributed by atoms with E-state index < -0.39 is 0 Å². The van der Waals surface area contributed by atoms with Crippen molar-refractivity contribution in [1.82, 2.24) is 10.2 Å². The molecule has 2 rings (SSSR count). The SMILES string of the molecule is CC(C)N(Cc1cc(Cl)cs1)CC1CCNCC1. The summed E-state index contributed by atoms with van der Waals surface area (Å²) >= 11 is 7.77. The first-order valence-corrected chi connectivity index (χ1v) is 8.08. The fourth-order valence-corrected chi connectivity index (χ4v) is 3.59. The fourth-order valence-electron chi connectivity index (χ4n) is 2.49. The Balaban J connectivity index is 1.90. The summed E-state index contributed by atoms with van der Waals surface area (Å²) in [4.78, 5) is 3.96. The van der Waals surface area contributed by atoms with E-state index in [0.29, 0.717) is 6.04 Å². The Morgan fingerprint density at radius 1 is 1.44 bits per heavy atom. The van der Waals surface area contributed by atoms with Crippen molar-refractivity contribution in [2.24, 2.45) is 5.92 Å². The maximum Gasteiger partial charge on any atom is 0.0516 e. The van der Waals surface area contributed by atoms with E-state index in [4.69, 9.17) is 11.6 Å². The largest absolute Gasteiger partial charge is 0.317 e. The van der Waals surface area contributed by atoms with Gasteiger partial charge in [-0.1, -0.05) is 11.6 Å². The van der Waals surface area contributed by atoms with E-state index in [1.54, 1.807) is 11.3 Å². The molecule has 4 heteroatoms. The molecule has 0 bridgehead atoms. The van der Waals surface area contributed by atoms with Crippen molar-refractivity contribution in [3.63, 3.8) is 0 Å². The third-order valence-electron chi connectivity index (χ3n) is 3.66. The van der Waals surface area contributed by atoms with Crippen molar-refractivity contribution in [3.05, 3.63) is 21.3 Å². The minimum atomic E-state index is 0.598. The fraction of sp³-hybridized carbons (Fsp3) is 0.714. The zero-order valence-corrected chi connectivity index (χ0v) is 12.9. The number of halogens is 1. The average molecular weight is 287 g/mol. The van der Waals surface area contributed by atoms with Crippen LogP contribution >= 0.6 is 22.9 Å². The van der Waals surface area contributed by atoms with Gasteiger partial charge in [-0.2, -0.15) is 0 Å².